The average Bonchev–Trinajstić information content (AvgIpc) is 2.94. The molecule has 0 N–H and O–H groups in total. The molecule has 25 heavy (non-hydrogen) atoms. The van der Waals surface area contributed by atoms with Crippen LogP contribution in [0.25, 0.3) is 17.8 Å². The van der Waals surface area contributed by atoms with E-state index >= 15 is 0 Å². The molecular weight excluding hydrogens is 310 g/mol. The van der Waals surface area contributed by atoms with Crippen molar-refractivity contribution < 1.29 is 4.79 Å². The van der Waals surface area contributed by atoms with Crippen LogP contribution in [0.3, 0.4) is 0 Å². The van der Waals surface area contributed by atoms with Crippen molar-refractivity contribution in [1.29, 1.82) is 0 Å². The number of benzene rings is 1. The molecule has 0 spiro atoms. The third kappa shape index (κ3) is 3.59. The maximum Gasteiger partial charge on any atom is 0.254 e. The highest BCUT2D eigenvalue weighted by atomic mass is 16.2. The molecule has 2 heterocycles. The van der Waals surface area contributed by atoms with E-state index in [-0.39, 0.29) is 5.91 Å². The number of hydrogen-bond donors (Lipinski definition) is 0. The maximum absolute atomic E-state index is 12.4. The standard InChI is InChI=1S/C21H25N3O/c1-22(2)12-7-10-19-18-9-6-5-8-16(18)11-13-24-15-17(14-20(19)24)21(25)23(3)4/h5-6,8-11,13-15H,7,12H2,1-4H3/b19-10+. The molecule has 1 aliphatic heterocycles. The molecule has 0 fully saturated rings. The van der Waals surface area contributed by atoms with Gasteiger partial charge in [-0.1, -0.05) is 30.3 Å². The monoisotopic (exact) mass is 335 g/mol. The lowest BCUT2D eigenvalue weighted by atomic mass is 9.96. The second-order valence-electron chi connectivity index (χ2n) is 6.83. The summed E-state index contributed by atoms with van der Waals surface area (Å²) < 4.78 is 2.05. The topological polar surface area (TPSA) is 28.5 Å². The summed E-state index contributed by atoms with van der Waals surface area (Å²) in [5, 5.41) is 0. The quantitative estimate of drug-likeness (QED) is 0.730. The van der Waals surface area contributed by atoms with Crippen LogP contribution in [0.15, 0.2) is 42.6 Å². The van der Waals surface area contributed by atoms with Gasteiger partial charge in [-0.2, -0.15) is 0 Å². The molecule has 0 aliphatic carbocycles. The van der Waals surface area contributed by atoms with Crippen molar-refractivity contribution in [2.75, 3.05) is 34.7 Å². The predicted molar refractivity (Wildman–Crippen MR) is 104 cm³/mol. The van der Waals surface area contributed by atoms with Crippen molar-refractivity contribution >= 4 is 23.8 Å². The fourth-order valence-electron chi connectivity index (χ4n) is 3.06. The number of amides is 1. The summed E-state index contributed by atoms with van der Waals surface area (Å²) in [5.41, 5.74) is 5.36. The molecule has 4 heteroatoms. The van der Waals surface area contributed by atoms with E-state index < -0.39 is 0 Å². The first kappa shape index (κ1) is 17.2. The molecule has 0 atom stereocenters. The van der Waals surface area contributed by atoms with E-state index in [1.807, 2.05) is 18.5 Å². The number of nitrogens with zero attached hydrogens (tertiary/aromatic N) is 3. The van der Waals surface area contributed by atoms with Crippen LogP contribution in [-0.4, -0.2) is 55.0 Å². The van der Waals surface area contributed by atoms with Crippen LogP contribution in [0, 0.1) is 0 Å². The number of hydrogen-bond acceptors (Lipinski definition) is 2. The molecule has 1 aromatic heterocycles. The third-order valence-electron chi connectivity index (χ3n) is 4.37. The van der Waals surface area contributed by atoms with E-state index in [1.165, 1.54) is 16.7 Å². The lowest BCUT2D eigenvalue weighted by Crippen LogP contribution is -2.21. The van der Waals surface area contributed by atoms with Crippen molar-refractivity contribution in [2.24, 2.45) is 0 Å². The van der Waals surface area contributed by atoms with Gasteiger partial charge in [-0.05, 0) is 43.8 Å². The molecular formula is C21H25N3O. The summed E-state index contributed by atoms with van der Waals surface area (Å²) in [5.74, 6) is 0.0231. The lowest BCUT2D eigenvalue weighted by Gasteiger charge is -2.12. The van der Waals surface area contributed by atoms with Gasteiger partial charge < -0.3 is 14.4 Å². The molecule has 2 aromatic rings. The maximum atomic E-state index is 12.4. The molecule has 4 nitrogen and oxygen atoms in total. The SMILES string of the molecule is CN(C)CC/C=C1\c2ccccc2C=Cn2cc(C(=O)N(C)C)cc21. The van der Waals surface area contributed by atoms with E-state index in [1.54, 1.807) is 19.0 Å². The molecule has 3 rings (SSSR count). The zero-order valence-electron chi connectivity index (χ0n) is 15.4. The van der Waals surface area contributed by atoms with E-state index in [0.29, 0.717) is 5.56 Å². The molecule has 1 amide bonds. The predicted octanol–water partition coefficient (Wildman–Crippen LogP) is 3.51. The summed E-state index contributed by atoms with van der Waals surface area (Å²) in [6.07, 6.45) is 9.29. The van der Waals surface area contributed by atoms with Crippen LogP contribution in [0.5, 0.6) is 0 Å². The molecule has 1 aromatic carbocycles. The van der Waals surface area contributed by atoms with E-state index in [2.05, 4.69) is 60.0 Å². The fraction of sp³-hybridized carbons (Fsp3) is 0.286. The van der Waals surface area contributed by atoms with Crippen LogP contribution >= 0.6 is 0 Å². The van der Waals surface area contributed by atoms with Crippen molar-refractivity contribution in [3.63, 3.8) is 0 Å². The highest BCUT2D eigenvalue weighted by Gasteiger charge is 2.19. The zero-order chi connectivity index (χ0) is 18.0. The molecule has 0 unspecified atom stereocenters. The first-order valence-electron chi connectivity index (χ1n) is 8.54. The van der Waals surface area contributed by atoms with Crippen LogP contribution < -0.4 is 0 Å². The van der Waals surface area contributed by atoms with Gasteiger partial charge in [-0.3, -0.25) is 4.79 Å². The highest BCUT2D eigenvalue weighted by molar-refractivity contribution is 5.97. The molecule has 0 saturated carbocycles. The Kier molecular flexibility index (Phi) is 4.91. The number of carbonyl (C=O) groups is 1. The van der Waals surface area contributed by atoms with Gasteiger partial charge in [0.25, 0.3) is 5.91 Å². The fourth-order valence-corrected chi connectivity index (χ4v) is 3.06. The summed E-state index contributed by atoms with van der Waals surface area (Å²) in [7, 11) is 7.73. The van der Waals surface area contributed by atoms with Crippen LogP contribution in [0.1, 0.15) is 33.6 Å². The number of carbonyl (C=O) groups excluding carboxylic acids is 1. The smallest absolute Gasteiger partial charge is 0.254 e. The average molecular weight is 335 g/mol. The summed E-state index contributed by atoms with van der Waals surface area (Å²) in [4.78, 5) is 16.2. The third-order valence-corrected chi connectivity index (χ3v) is 4.37. The van der Waals surface area contributed by atoms with Gasteiger partial charge in [0.1, 0.15) is 0 Å². The van der Waals surface area contributed by atoms with Crippen LogP contribution in [0.2, 0.25) is 0 Å². The summed E-state index contributed by atoms with van der Waals surface area (Å²) in [6.45, 7) is 0.989. The molecule has 1 aliphatic rings. The highest BCUT2D eigenvalue weighted by Crippen LogP contribution is 2.32. The first-order chi connectivity index (χ1) is 12.0. The van der Waals surface area contributed by atoms with Crippen molar-refractivity contribution in [1.82, 2.24) is 14.4 Å². The number of rotatable bonds is 4. The largest absolute Gasteiger partial charge is 0.345 e. The summed E-state index contributed by atoms with van der Waals surface area (Å²) in [6, 6.07) is 10.4. The van der Waals surface area contributed by atoms with E-state index in [4.69, 9.17) is 0 Å². The molecule has 0 saturated heterocycles. The van der Waals surface area contributed by atoms with Gasteiger partial charge in [-0.15, -0.1) is 0 Å². The Hall–Kier alpha value is -2.59. The Morgan fingerprint density at radius 2 is 1.92 bits per heavy atom. The Bertz CT molecular complexity index is 841. The second kappa shape index (κ2) is 7.11. The van der Waals surface area contributed by atoms with Crippen molar-refractivity contribution in [2.45, 2.75) is 6.42 Å². The molecule has 0 radical (unpaired) electrons. The first-order valence-corrected chi connectivity index (χ1v) is 8.54. The minimum absolute atomic E-state index is 0.0231. The van der Waals surface area contributed by atoms with E-state index in [0.717, 1.165) is 18.7 Å². The van der Waals surface area contributed by atoms with Gasteiger partial charge in [0.15, 0.2) is 0 Å². The summed E-state index contributed by atoms with van der Waals surface area (Å²) >= 11 is 0. The minimum atomic E-state index is 0.0231. The van der Waals surface area contributed by atoms with Gasteiger partial charge in [0.2, 0.25) is 0 Å². The van der Waals surface area contributed by atoms with Crippen LogP contribution in [0.4, 0.5) is 0 Å². The van der Waals surface area contributed by atoms with Crippen LogP contribution in [-0.2, 0) is 0 Å². The minimum Gasteiger partial charge on any atom is -0.345 e. The van der Waals surface area contributed by atoms with Gasteiger partial charge >= 0.3 is 0 Å². The lowest BCUT2D eigenvalue weighted by molar-refractivity contribution is 0.0827. The normalized spacial score (nSPS) is 14.4. The second-order valence-corrected chi connectivity index (χ2v) is 6.83. The Morgan fingerprint density at radius 3 is 2.64 bits per heavy atom. The van der Waals surface area contributed by atoms with Gasteiger partial charge in [-0.25, -0.2) is 0 Å². The number of fused-ring (bicyclic) bond motifs is 2. The van der Waals surface area contributed by atoms with Crippen molar-refractivity contribution in [3.05, 3.63) is 65.0 Å². The zero-order valence-corrected chi connectivity index (χ0v) is 15.4. The molecule has 0 bridgehead atoms. The van der Waals surface area contributed by atoms with Gasteiger partial charge in [0.05, 0.1) is 11.3 Å². The molecule has 130 valence electrons. The van der Waals surface area contributed by atoms with Gasteiger partial charge in [0, 0.05) is 38.6 Å². The Balaban J connectivity index is 2.09. The van der Waals surface area contributed by atoms with E-state index in [9.17, 15) is 4.79 Å². The van der Waals surface area contributed by atoms with Crippen molar-refractivity contribution in [3.8, 4) is 0 Å². The Morgan fingerprint density at radius 1 is 1.16 bits per heavy atom. The number of aromatic nitrogens is 1. The Labute approximate surface area is 149 Å².